The van der Waals surface area contributed by atoms with Crippen LogP contribution in [0.5, 0.6) is 0 Å². The van der Waals surface area contributed by atoms with E-state index in [4.69, 9.17) is 33.2 Å². The molecule has 8 heteroatoms. The Hall–Kier alpha value is -0.320. The van der Waals surface area contributed by atoms with Crippen LogP contribution in [0.4, 0.5) is 0 Å². The normalized spacial score (nSPS) is 11.7. The Morgan fingerprint density at radius 1 is 0.308 bits per heavy atom. The van der Waals surface area contributed by atoms with E-state index in [-0.39, 0.29) is 0 Å². The Balaban J connectivity index is 3.02. The highest BCUT2D eigenvalue weighted by molar-refractivity contribution is 4.49. The lowest BCUT2D eigenvalue weighted by Gasteiger charge is -2.10. The number of nitrogens with zero attached hydrogens (tertiary/aromatic N) is 1. The van der Waals surface area contributed by atoms with Crippen LogP contribution in [-0.4, -0.2) is 118 Å². The summed E-state index contributed by atoms with van der Waals surface area (Å²) in [5, 5.41) is 0. The van der Waals surface area contributed by atoms with Crippen molar-refractivity contribution < 1.29 is 33.2 Å². The van der Waals surface area contributed by atoms with Gasteiger partial charge in [-0.1, -0.05) is 84.0 Å². The maximum Gasteiger partial charge on any atom is 0.0701 e. The van der Waals surface area contributed by atoms with Crippen molar-refractivity contribution >= 4 is 0 Å². The van der Waals surface area contributed by atoms with Crippen LogP contribution in [0, 0.1) is 0 Å². The lowest BCUT2D eigenvalue weighted by molar-refractivity contribution is -0.0208. The first-order chi connectivity index (χ1) is 19.3. The molecule has 0 N–H and O–H groups in total. The summed E-state index contributed by atoms with van der Waals surface area (Å²) in [7, 11) is 4.06. The second-order valence-electron chi connectivity index (χ2n) is 10.3. The third-order valence-corrected chi connectivity index (χ3v) is 6.31. The molecule has 0 aromatic carbocycles. The Bertz CT molecular complexity index is 430. The molecule has 0 spiro atoms. The number of hydrogen-bond donors (Lipinski definition) is 0. The first-order valence-electron chi connectivity index (χ1n) is 16.0. The molecule has 0 amide bonds. The molecule has 39 heavy (non-hydrogen) atoms. The summed E-state index contributed by atoms with van der Waals surface area (Å²) in [4.78, 5) is 2.09. The highest BCUT2D eigenvalue weighted by Gasteiger charge is 1.97. The molecular formula is C31H65NO7. The first kappa shape index (κ1) is 38.7. The van der Waals surface area contributed by atoms with E-state index < -0.39 is 0 Å². The van der Waals surface area contributed by atoms with Crippen LogP contribution in [0.25, 0.3) is 0 Å². The minimum Gasteiger partial charge on any atom is -0.379 e. The molecule has 0 saturated heterocycles. The van der Waals surface area contributed by atoms with E-state index in [1.54, 1.807) is 0 Å². The largest absolute Gasteiger partial charge is 0.379 e. The third kappa shape index (κ3) is 37.7. The summed E-state index contributed by atoms with van der Waals surface area (Å²) in [5.41, 5.74) is 0. The van der Waals surface area contributed by atoms with Gasteiger partial charge in [0.2, 0.25) is 0 Å². The molecule has 0 radical (unpaired) electrons. The van der Waals surface area contributed by atoms with Crippen LogP contribution in [0.1, 0.15) is 90.4 Å². The third-order valence-electron chi connectivity index (χ3n) is 6.31. The standard InChI is InChI=1S/C31H65NO7/c1-4-5-6-7-8-9-10-11-12-13-14-15-16-18-33-20-22-35-24-26-37-28-30-39-31-29-38-27-25-36-23-21-34-19-17-32(2)3/h4-31H2,1-3H3. The van der Waals surface area contributed by atoms with Gasteiger partial charge in [-0.15, -0.1) is 0 Å². The van der Waals surface area contributed by atoms with Crippen LogP contribution in [0.2, 0.25) is 0 Å². The zero-order chi connectivity index (χ0) is 28.3. The number of ether oxygens (including phenoxy) is 7. The van der Waals surface area contributed by atoms with Crippen molar-refractivity contribution in [2.24, 2.45) is 0 Å². The Labute approximate surface area is 241 Å². The predicted octanol–water partition coefficient (Wildman–Crippen LogP) is 5.76. The van der Waals surface area contributed by atoms with E-state index in [9.17, 15) is 0 Å². The monoisotopic (exact) mass is 563 g/mol. The van der Waals surface area contributed by atoms with E-state index in [0.29, 0.717) is 79.3 Å². The zero-order valence-corrected chi connectivity index (χ0v) is 26.1. The second kappa shape index (κ2) is 35.7. The molecule has 0 aliphatic heterocycles. The van der Waals surface area contributed by atoms with Crippen LogP contribution in [0.15, 0.2) is 0 Å². The summed E-state index contributed by atoms with van der Waals surface area (Å²) in [6.45, 7) is 11.9. The van der Waals surface area contributed by atoms with Crippen molar-refractivity contribution in [3.63, 3.8) is 0 Å². The van der Waals surface area contributed by atoms with Gasteiger partial charge in [0.15, 0.2) is 0 Å². The molecule has 0 aliphatic rings. The molecular weight excluding hydrogens is 498 g/mol. The van der Waals surface area contributed by atoms with E-state index in [1.807, 2.05) is 14.1 Å². The van der Waals surface area contributed by atoms with E-state index in [2.05, 4.69) is 11.8 Å². The molecule has 8 nitrogen and oxygen atoms in total. The Morgan fingerprint density at radius 3 is 0.872 bits per heavy atom. The molecule has 0 fully saturated rings. The van der Waals surface area contributed by atoms with E-state index in [1.165, 1.54) is 77.0 Å². The molecule has 0 aliphatic carbocycles. The van der Waals surface area contributed by atoms with Crippen LogP contribution < -0.4 is 0 Å². The molecule has 0 heterocycles. The zero-order valence-electron chi connectivity index (χ0n) is 26.1. The van der Waals surface area contributed by atoms with Gasteiger partial charge in [-0.2, -0.15) is 0 Å². The molecule has 0 rings (SSSR count). The lowest BCUT2D eigenvalue weighted by Crippen LogP contribution is -2.19. The minimum absolute atomic E-state index is 0.560. The number of likely N-dealkylation sites (N-methyl/N-ethyl adjacent to an activating group) is 1. The maximum absolute atomic E-state index is 5.66. The van der Waals surface area contributed by atoms with Gasteiger partial charge in [-0.3, -0.25) is 0 Å². The Kier molecular flexibility index (Phi) is 35.4. The van der Waals surface area contributed by atoms with Gasteiger partial charge < -0.3 is 38.1 Å². The van der Waals surface area contributed by atoms with Gasteiger partial charge in [0.05, 0.1) is 85.9 Å². The van der Waals surface area contributed by atoms with Crippen molar-refractivity contribution in [3.05, 3.63) is 0 Å². The van der Waals surface area contributed by atoms with Crippen molar-refractivity contribution in [1.82, 2.24) is 4.90 Å². The topological polar surface area (TPSA) is 67.9 Å². The SMILES string of the molecule is CCCCCCCCCCCCCCCOCCOCCOCCOCCOCCOCCOCCN(C)C. The molecule has 0 aromatic rings. The summed E-state index contributed by atoms with van der Waals surface area (Å²) >= 11 is 0. The maximum atomic E-state index is 5.66. The second-order valence-corrected chi connectivity index (χ2v) is 10.3. The quantitative estimate of drug-likeness (QED) is 0.0903. The number of rotatable bonds is 35. The van der Waals surface area contributed by atoms with Crippen LogP contribution >= 0.6 is 0 Å². The van der Waals surface area contributed by atoms with Gasteiger partial charge in [0.1, 0.15) is 0 Å². The minimum atomic E-state index is 0.560. The first-order valence-corrected chi connectivity index (χ1v) is 16.0. The average molecular weight is 564 g/mol. The number of unbranched alkanes of at least 4 members (excludes halogenated alkanes) is 12. The molecule has 236 valence electrons. The van der Waals surface area contributed by atoms with Crippen molar-refractivity contribution in [3.8, 4) is 0 Å². The van der Waals surface area contributed by atoms with E-state index >= 15 is 0 Å². The fraction of sp³-hybridized carbons (Fsp3) is 1.00. The van der Waals surface area contributed by atoms with Gasteiger partial charge >= 0.3 is 0 Å². The number of hydrogen-bond acceptors (Lipinski definition) is 8. The van der Waals surface area contributed by atoms with Crippen LogP contribution in [0.3, 0.4) is 0 Å². The smallest absolute Gasteiger partial charge is 0.0701 e. The van der Waals surface area contributed by atoms with E-state index in [0.717, 1.165) is 26.2 Å². The van der Waals surface area contributed by atoms with Crippen molar-refractivity contribution in [1.29, 1.82) is 0 Å². The Morgan fingerprint density at radius 2 is 0.564 bits per heavy atom. The molecule has 0 saturated carbocycles. The summed E-state index contributed by atoms with van der Waals surface area (Å²) < 4.78 is 38.6. The van der Waals surface area contributed by atoms with Crippen molar-refractivity contribution in [2.45, 2.75) is 90.4 Å². The highest BCUT2D eigenvalue weighted by atomic mass is 16.6. The lowest BCUT2D eigenvalue weighted by atomic mass is 10.0. The fourth-order valence-corrected chi connectivity index (χ4v) is 3.89. The molecule has 0 bridgehead atoms. The molecule has 0 aromatic heterocycles. The predicted molar refractivity (Wildman–Crippen MR) is 160 cm³/mol. The summed E-state index contributed by atoms with van der Waals surface area (Å²) in [6, 6.07) is 0. The summed E-state index contributed by atoms with van der Waals surface area (Å²) in [5.74, 6) is 0. The summed E-state index contributed by atoms with van der Waals surface area (Å²) in [6.07, 6.45) is 17.9. The average Bonchev–Trinajstić information content (AvgIpc) is 2.93. The fourth-order valence-electron chi connectivity index (χ4n) is 3.89. The van der Waals surface area contributed by atoms with Gasteiger partial charge in [0, 0.05) is 13.2 Å². The van der Waals surface area contributed by atoms with Gasteiger partial charge in [0.25, 0.3) is 0 Å². The van der Waals surface area contributed by atoms with Crippen molar-refractivity contribution in [2.75, 3.05) is 113 Å². The van der Waals surface area contributed by atoms with Crippen LogP contribution in [-0.2, 0) is 33.2 Å². The van der Waals surface area contributed by atoms with Gasteiger partial charge in [-0.05, 0) is 20.5 Å². The molecule has 0 unspecified atom stereocenters. The van der Waals surface area contributed by atoms with Gasteiger partial charge in [-0.25, -0.2) is 0 Å². The molecule has 0 atom stereocenters. The highest BCUT2D eigenvalue weighted by Crippen LogP contribution is 2.12.